The number of fused-ring (bicyclic) bond motifs is 1. The van der Waals surface area contributed by atoms with Crippen LogP contribution in [0.1, 0.15) is 16.7 Å². The number of benzene rings is 4. The van der Waals surface area contributed by atoms with Gasteiger partial charge in [-0.2, -0.15) is 13.2 Å². The Kier molecular flexibility index (Phi) is 8.63. The van der Waals surface area contributed by atoms with Gasteiger partial charge in [0.2, 0.25) is 0 Å². The fraction of sp³-hybridized carbons (Fsp3) is 0.167. The SMILES string of the molecule is Cc1cc(SCC(=Cc2cccc3ccccc23)COc2ccc(C(F)(F)F)cc2)ccc1OCC(=O)O. The smallest absolute Gasteiger partial charge is 0.416 e. The summed E-state index contributed by atoms with van der Waals surface area (Å²) in [7, 11) is 0. The van der Waals surface area contributed by atoms with E-state index in [1.165, 1.54) is 12.1 Å². The molecule has 4 rings (SSSR count). The number of rotatable bonds is 10. The van der Waals surface area contributed by atoms with Crippen molar-refractivity contribution in [1.29, 1.82) is 0 Å². The van der Waals surface area contributed by atoms with Crippen LogP contribution in [0.4, 0.5) is 13.2 Å². The Labute approximate surface area is 222 Å². The van der Waals surface area contributed by atoms with Gasteiger partial charge < -0.3 is 14.6 Å². The maximum Gasteiger partial charge on any atom is 0.416 e. The largest absolute Gasteiger partial charge is 0.489 e. The number of ether oxygens (including phenoxy) is 2. The van der Waals surface area contributed by atoms with Crippen LogP contribution in [0.5, 0.6) is 11.5 Å². The number of hydrogen-bond acceptors (Lipinski definition) is 4. The Bertz CT molecular complexity index is 1440. The molecule has 4 aromatic rings. The lowest BCUT2D eigenvalue weighted by molar-refractivity contribution is -0.139. The van der Waals surface area contributed by atoms with Crippen LogP contribution in [0, 0.1) is 6.92 Å². The maximum atomic E-state index is 12.9. The van der Waals surface area contributed by atoms with Crippen molar-refractivity contribution in [3.05, 3.63) is 107 Å². The molecule has 0 aliphatic carbocycles. The third kappa shape index (κ3) is 7.32. The third-order valence-corrected chi connectivity index (χ3v) is 6.81. The molecule has 38 heavy (non-hydrogen) atoms. The fourth-order valence-corrected chi connectivity index (χ4v) is 4.77. The molecule has 0 heterocycles. The van der Waals surface area contributed by atoms with Gasteiger partial charge in [0.1, 0.15) is 18.1 Å². The van der Waals surface area contributed by atoms with E-state index in [2.05, 4.69) is 6.08 Å². The molecule has 0 fully saturated rings. The molecule has 4 nitrogen and oxygen atoms in total. The number of thioether (sulfide) groups is 1. The van der Waals surface area contributed by atoms with Crippen molar-refractivity contribution >= 4 is 34.6 Å². The van der Waals surface area contributed by atoms with E-state index in [0.717, 1.165) is 44.5 Å². The summed E-state index contributed by atoms with van der Waals surface area (Å²) in [6.07, 6.45) is -2.35. The molecule has 0 amide bonds. The predicted molar refractivity (Wildman–Crippen MR) is 144 cm³/mol. The van der Waals surface area contributed by atoms with Crippen molar-refractivity contribution < 1.29 is 32.5 Å². The fourth-order valence-electron chi connectivity index (χ4n) is 3.83. The van der Waals surface area contributed by atoms with Gasteiger partial charge in [-0.25, -0.2) is 4.79 Å². The van der Waals surface area contributed by atoms with Crippen molar-refractivity contribution in [2.75, 3.05) is 19.0 Å². The van der Waals surface area contributed by atoms with E-state index in [-0.39, 0.29) is 6.61 Å². The molecule has 0 saturated carbocycles. The highest BCUT2D eigenvalue weighted by atomic mass is 32.2. The van der Waals surface area contributed by atoms with E-state index < -0.39 is 24.3 Å². The Morgan fingerprint density at radius 2 is 1.66 bits per heavy atom. The van der Waals surface area contributed by atoms with Crippen LogP contribution in [-0.4, -0.2) is 30.0 Å². The molecule has 0 radical (unpaired) electrons. The number of carboxylic acid groups (broad SMARTS) is 1. The van der Waals surface area contributed by atoms with Gasteiger partial charge in [-0.05, 0) is 76.9 Å². The van der Waals surface area contributed by atoms with Crippen LogP contribution in [0.3, 0.4) is 0 Å². The van der Waals surface area contributed by atoms with Crippen LogP contribution >= 0.6 is 11.8 Å². The second kappa shape index (κ2) is 12.1. The number of aliphatic carboxylic acids is 1. The van der Waals surface area contributed by atoms with E-state index in [9.17, 15) is 18.0 Å². The molecule has 0 aromatic heterocycles. The number of carbonyl (C=O) groups is 1. The molecule has 0 aliphatic heterocycles. The van der Waals surface area contributed by atoms with Crippen LogP contribution < -0.4 is 9.47 Å². The molecular weight excluding hydrogens is 513 g/mol. The van der Waals surface area contributed by atoms with E-state index in [4.69, 9.17) is 14.6 Å². The topological polar surface area (TPSA) is 55.8 Å². The standard InChI is InChI=1S/C30H25F3O4S/c1-20-15-26(13-14-28(20)37-18-29(34)35)38-19-21(16-23-7-4-6-22-5-2-3-8-27(22)23)17-36-25-11-9-24(10-12-25)30(31,32)33/h2-16H,17-19H2,1H3,(H,34,35). The van der Waals surface area contributed by atoms with Crippen LogP contribution in [-0.2, 0) is 11.0 Å². The number of alkyl halides is 3. The molecule has 196 valence electrons. The average Bonchev–Trinajstić information content (AvgIpc) is 2.89. The predicted octanol–water partition coefficient (Wildman–Crippen LogP) is 7.89. The molecule has 0 saturated heterocycles. The van der Waals surface area contributed by atoms with Gasteiger partial charge in [-0.1, -0.05) is 48.5 Å². The summed E-state index contributed by atoms with van der Waals surface area (Å²) in [4.78, 5) is 11.7. The van der Waals surface area contributed by atoms with Gasteiger partial charge >= 0.3 is 12.1 Å². The highest BCUT2D eigenvalue weighted by Gasteiger charge is 2.30. The maximum absolute atomic E-state index is 12.9. The van der Waals surface area contributed by atoms with E-state index in [1.54, 1.807) is 17.8 Å². The van der Waals surface area contributed by atoms with Crippen molar-refractivity contribution in [3.8, 4) is 11.5 Å². The highest BCUT2D eigenvalue weighted by molar-refractivity contribution is 7.99. The van der Waals surface area contributed by atoms with E-state index >= 15 is 0 Å². The van der Waals surface area contributed by atoms with Gasteiger partial charge in [0.05, 0.1) is 5.56 Å². The average molecular weight is 539 g/mol. The third-order valence-electron chi connectivity index (χ3n) is 5.71. The second-order valence-electron chi connectivity index (χ2n) is 8.58. The van der Waals surface area contributed by atoms with Crippen LogP contribution in [0.2, 0.25) is 0 Å². The molecular formula is C30H25F3O4S. The lowest BCUT2D eigenvalue weighted by atomic mass is 10.0. The first kappa shape index (κ1) is 27.1. The summed E-state index contributed by atoms with van der Waals surface area (Å²) >= 11 is 1.57. The first-order valence-corrected chi connectivity index (χ1v) is 12.7. The Morgan fingerprint density at radius 1 is 0.921 bits per heavy atom. The minimum atomic E-state index is -4.40. The lowest BCUT2D eigenvalue weighted by Gasteiger charge is -2.13. The van der Waals surface area contributed by atoms with Gasteiger partial charge in [0, 0.05) is 10.6 Å². The molecule has 4 aromatic carbocycles. The number of hydrogen-bond donors (Lipinski definition) is 1. The number of carboxylic acids is 1. The zero-order valence-corrected chi connectivity index (χ0v) is 21.3. The summed E-state index contributed by atoms with van der Waals surface area (Å²) in [6.45, 7) is 1.63. The lowest BCUT2D eigenvalue weighted by Crippen LogP contribution is -2.10. The first-order valence-electron chi connectivity index (χ1n) is 11.7. The summed E-state index contributed by atoms with van der Waals surface area (Å²) in [5.74, 6) is 0.383. The minimum Gasteiger partial charge on any atom is -0.489 e. The number of halogens is 3. The first-order chi connectivity index (χ1) is 18.2. The summed E-state index contributed by atoms with van der Waals surface area (Å²) in [6, 6.07) is 24.3. The van der Waals surface area contributed by atoms with Gasteiger partial charge in [-0.15, -0.1) is 11.8 Å². The number of aryl methyl sites for hydroxylation is 1. The van der Waals surface area contributed by atoms with Gasteiger partial charge in [0.25, 0.3) is 0 Å². The monoisotopic (exact) mass is 538 g/mol. The molecule has 0 atom stereocenters. The van der Waals surface area contributed by atoms with Crippen molar-refractivity contribution in [1.82, 2.24) is 0 Å². The van der Waals surface area contributed by atoms with Crippen molar-refractivity contribution in [3.63, 3.8) is 0 Å². The highest BCUT2D eigenvalue weighted by Crippen LogP contribution is 2.31. The summed E-state index contributed by atoms with van der Waals surface area (Å²) < 4.78 is 49.9. The molecule has 0 bridgehead atoms. The normalized spacial score (nSPS) is 11.9. The zero-order valence-electron chi connectivity index (χ0n) is 20.5. The van der Waals surface area contributed by atoms with Gasteiger partial charge in [-0.3, -0.25) is 0 Å². The van der Waals surface area contributed by atoms with Crippen LogP contribution in [0.15, 0.2) is 95.4 Å². The summed E-state index contributed by atoms with van der Waals surface area (Å²) in [5, 5.41) is 11.0. The summed E-state index contributed by atoms with van der Waals surface area (Å²) in [5.41, 5.74) is 2.05. The molecule has 0 unspecified atom stereocenters. The molecule has 0 spiro atoms. The Balaban J connectivity index is 1.54. The molecule has 1 N–H and O–H groups in total. The van der Waals surface area contributed by atoms with E-state index in [1.807, 2.05) is 61.5 Å². The van der Waals surface area contributed by atoms with Crippen molar-refractivity contribution in [2.45, 2.75) is 18.0 Å². The van der Waals surface area contributed by atoms with E-state index in [0.29, 0.717) is 17.3 Å². The zero-order chi connectivity index (χ0) is 27.1. The van der Waals surface area contributed by atoms with Gasteiger partial charge in [0.15, 0.2) is 6.61 Å². The quantitative estimate of drug-likeness (QED) is 0.208. The Morgan fingerprint density at radius 3 is 2.37 bits per heavy atom. The van der Waals surface area contributed by atoms with Crippen molar-refractivity contribution in [2.24, 2.45) is 0 Å². The Hall–Kier alpha value is -3.91. The molecule has 8 heteroatoms. The van der Waals surface area contributed by atoms with Crippen LogP contribution in [0.25, 0.3) is 16.8 Å². The molecule has 0 aliphatic rings. The second-order valence-corrected chi connectivity index (χ2v) is 9.63. The minimum absolute atomic E-state index is 0.195.